The number of hydrogen-bond acceptors (Lipinski definition) is 2. The molecule has 0 atom stereocenters. The van der Waals surface area contributed by atoms with Gasteiger partial charge in [0.05, 0.1) is 11.3 Å². The molecular formula is C9H8BrNO3. The third-order valence-electron chi connectivity index (χ3n) is 1.54. The highest BCUT2D eigenvalue weighted by molar-refractivity contribution is 9.10. The van der Waals surface area contributed by atoms with Crippen molar-refractivity contribution in [2.24, 2.45) is 0 Å². The van der Waals surface area contributed by atoms with Gasteiger partial charge in [-0.25, -0.2) is 4.79 Å². The first-order chi connectivity index (χ1) is 6.52. The van der Waals surface area contributed by atoms with E-state index >= 15 is 0 Å². The van der Waals surface area contributed by atoms with E-state index in [9.17, 15) is 9.59 Å². The second-order valence-corrected chi connectivity index (χ2v) is 3.50. The maximum Gasteiger partial charge on any atom is 0.338 e. The lowest BCUT2D eigenvalue weighted by atomic mass is 10.2. The number of carboxylic acids is 1. The molecule has 0 bridgehead atoms. The zero-order chi connectivity index (χ0) is 10.7. The lowest BCUT2D eigenvalue weighted by Gasteiger charge is -2.07. The first kappa shape index (κ1) is 10.7. The number of anilines is 1. The molecule has 0 aliphatic rings. The molecule has 0 aliphatic heterocycles. The minimum Gasteiger partial charge on any atom is -0.478 e. The maximum absolute atomic E-state index is 10.8. The van der Waals surface area contributed by atoms with Gasteiger partial charge in [0.25, 0.3) is 0 Å². The van der Waals surface area contributed by atoms with Crippen LogP contribution in [0.2, 0.25) is 0 Å². The molecule has 0 heterocycles. The van der Waals surface area contributed by atoms with Crippen LogP contribution in [-0.2, 0) is 4.79 Å². The molecule has 1 aromatic rings. The number of carboxylic acid groups (broad SMARTS) is 1. The van der Waals surface area contributed by atoms with E-state index in [2.05, 4.69) is 21.2 Å². The van der Waals surface area contributed by atoms with Gasteiger partial charge in [-0.2, -0.15) is 0 Å². The van der Waals surface area contributed by atoms with E-state index in [1.807, 2.05) is 0 Å². The summed E-state index contributed by atoms with van der Waals surface area (Å²) in [6.45, 7) is 1.33. The van der Waals surface area contributed by atoms with Gasteiger partial charge in [0.15, 0.2) is 0 Å². The average Bonchev–Trinajstić information content (AvgIpc) is 2.01. The summed E-state index contributed by atoms with van der Waals surface area (Å²) >= 11 is 3.11. The highest BCUT2D eigenvalue weighted by Gasteiger charge is 2.14. The van der Waals surface area contributed by atoms with Gasteiger partial charge in [0.2, 0.25) is 5.91 Å². The largest absolute Gasteiger partial charge is 0.478 e. The van der Waals surface area contributed by atoms with E-state index in [1.54, 1.807) is 12.1 Å². The van der Waals surface area contributed by atoms with Crippen molar-refractivity contribution in [1.29, 1.82) is 0 Å². The Hall–Kier alpha value is -1.36. The number of aromatic carboxylic acids is 1. The summed E-state index contributed by atoms with van der Waals surface area (Å²) in [6, 6.07) is 4.80. The average molecular weight is 258 g/mol. The smallest absolute Gasteiger partial charge is 0.338 e. The zero-order valence-electron chi connectivity index (χ0n) is 7.37. The molecule has 0 radical (unpaired) electrons. The molecule has 5 heteroatoms. The van der Waals surface area contributed by atoms with Crippen LogP contribution in [0.15, 0.2) is 22.7 Å². The Labute approximate surface area is 89.1 Å². The Kier molecular flexibility index (Phi) is 3.24. The van der Waals surface area contributed by atoms with Crippen molar-refractivity contribution in [2.45, 2.75) is 6.92 Å². The number of halogens is 1. The van der Waals surface area contributed by atoms with Gasteiger partial charge in [0.1, 0.15) is 0 Å². The highest BCUT2D eigenvalue weighted by Crippen LogP contribution is 2.24. The van der Waals surface area contributed by atoms with Gasteiger partial charge >= 0.3 is 5.97 Å². The molecule has 0 aromatic heterocycles. The lowest BCUT2D eigenvalue weighted by Crippen LogP contribution is -2.11. The van der Waals surface area contributed by atoms with Crippen LogP contribution in [0.1, 0.15) is 17.3 Å². The van der Waals surface area contributed by atoms with Crippen molar-refractivity contribution in [3.8, 4) is 0 Å². The van der Waals surface area contributed by atoms with Crippen LogP contribution in [0.3, 0.4) is 0 Å². The van der Waals surface area contributed by atoms with E-state index in [4.69, 9.17) is 5.11 Å². The molecule has 14 heavy (non-hydrogen) atoms. The molecule has 0 fully saturated rings. The molecule has 1 aromatic carbocycles. The standard InChI is InChI=1S/C9H8BrNO3/c1-5(12)11-7-4-2-3-6(10)8(7)9(13)14/h2-4H,1H3,(H,11,12)(H,13,14). The summed E-state index contributed by atoms with van der Waals surface area (Å²) in [5.41, 5.74) is 0.349. The fourth-order valence-corrected chi connectivity index (χ4v) is 1.57. The van der Waals surface area contributed by atoms with Gasteiger partial charge in [-0.05, 0) is 28.1 Å². The molecule has 0 aliphatic carbocycles. The molecular weight excluding hydrogens is 250 g/mol. The normalized spacial score (nSPS) is 9.57. The molecule has 4 nitrogen and oxygen atoms in total. The van der Waals surface area contributed by atoms with Crippen molar-refractivity contribution in [2.75, 3.05) is 5.32 Å². The van der Waals surface area contributed by atoms with Gasteiger partial charge in [-0.15, -0.1) is 0 Å². The van der Waals surface area contributed by atoms with Crippen molar-refractivity contribution in [3.05, 3.63) is 28.2 Å². The quantitative estimate of drug-likeness (QED) is 0.853. The Morgan fingerprint density at radius 3 is 2.57 bits per heavy atom. The van der Waals surface area contributed by atoms with E-state index in [0.29, 0.717) is 10.2 Å². The van der Waals surface area contributed by atoms with Crippen molar-refractivity contribution in [1.82, 2.24) is 0 Å². The van der Waals surface area contributed by atoms with Gasteiger partial charge in [-0.3, -0.25) is 4.79 Å². The van der Waals surface area contributed by atoms with Crippen LogP contribution in [-0.4, -0.2) is 17.0 Å². The fourth-order valence-electron chi connectivity index (χ4n) is 1.04. The Balaban J connectivity index is 3.21. The third-order valence-corrected chi connectivity index (χ3v) is 2.20. The lowest BCUT2D eigenvalue weighted by molar-refractivity contribution is -0.114. The molecule has 1 rings (SSSR count). The third kappa shape index (κ3) is 2.32. The summed E-state index contributed by atoms with van der Waals surface area (Å²) < 4.78 is 0.441. The topological polar surface area (TPSA) is 66.4 Å². The molecule has 0 saturated heterocycles. The number of carbonyl (C=O) groups is 2. The first-order valence-corrected chi connectivity index (χ1v) is 4.61. The molecule has 1 amide bonds. The van der Waals surface area contributed by atoms with Crippen molar-refractivity contribution in [3.63, 3.8) is 0 Å². The Morgan fingerprint density at radius 1 is 1.43 bits per heavy atom. The van der Waals surface area contributed by atoms with E-state index in [1.165, 1.54) is 13.0 Å². The number of amides is 1. The van der Waals surface area contributed by atoms with Crippen LogP contribution in [0.5, 0.6) is 0 Å². The predicted molar refractivity (Wildman–Crippen MR) is 55.4 cm³/mol. The van der Waals surface area contributed by atoms with E-state index < -0.39 is 5.97 Å². The molecule has 0 spiro atoms. The number of carbonyl (C=O) groups excluding carboxylic acids is 1. The first-order valence-electron chi connectivity index (χ1n) is 3.81. The van der Waals surface area contributed by atoms with Crippen LogP contribution < -0.4 is 5.32 Å². The summed E-state index contributed by atoms with van der Waals surface area (Å²) in [6.07, 6.45) is 0. The maximum atomic E-state index is 10.8. The molecule has 2 N–H and O–H groups in total. The second-order valence-electron chi connectivity index (χ2n) is 2.65. The summed E-state index contributed by atoms with van der Waals surface area (Å²) in [4.78, 5) is 21.6. The Bertz CT molecular complexity index is 390. The van der Waals surface area contributed by atoms with E-state index in [-0.39, 0.29) is 11.5 Å². The number of benzene rings is 1. The molecule has 74 valence electrons. The minimum absolute atomic E-state index is 0.0581. The van der Waals surface area contributed by atoms with Crippen LogP contribution in [0.4, 0.5) is 5.69 Å². The number of nitrogens with one attached hydrogen (secondary N) is 1. The number of hydrogen-bond donors (Lipinski definition) is 2. The highest BCUT2D eigenvalue weighted by atomic mass is 79.9. The van der Waals surface area contributed by atoms with Crippen molar-refractivity contribution < 1.29 is 14.7 Å². The molecule has 0 saturated carbocycles. The van der Waals surface area contributed by atoms with Crippen molar-refractivity contribution >= 4 is 33.5 Å². The van der Waals surface area contributed by atoms with Gasteiger partial charge < -0.3 is 10.4 Å². The summed E-state index contributed by atoms with van der Waals surface area (Å²) in [7, 11) is 0. The van der Waals surface area contributed by atoms with E-state index in [0.717, 1.165) is 0 Å². The molecule has 0 unspecified atom stereocenters. The summed E-state index contributed by atoms with van der Waals surface area (Å²) in [5, 5.41) is 11.3. The summed E-state index contributed by atoms with van der Waals surface area (Å²) in [5.74, 6) is -1.38. The van der Waals surface area contributed by atoms with Crippen LogP contribution in [0.25, 0.3) is 0 Å². The minimum atomic E-state index is -1.08. The number of rotatable bonds is 2. The monoisotopic (exact) mass is 257 g/mol. The fraction of sp³-hybridized carbons (Fsp3) is 0.111. The zero-order valence-corrected chi connectivity index (χ0v) is 8.96. The SMILES string of the molecule is CC(=O)Nc1cccc(Br)c1C(=O)O. The van der Waals surface area contributed by atoms with Crippen LogP contribution in [0, 0.1) is 0 Å². The van der Waals surface area contributed by atoms with Gasteiger partial charge in [0, 0.05) is 11.4 Å². The Morgan fingerprint density at radius 2 is 2.07 bits per heavy atom. The van der Waals surface area contributed by atoms with Crippen LogP contribution >= 0.6 is 15.9 Å². The van der Waals surface area contributed by atoms with Gasteiger partial charge in [-0.1, -0.05) is 6.07 Å². The second kappa shape index (κ2) is 4.23. The predicted octanol–water partition coefficient (Wildman–Crippen LogP) is 2.11.